The van der Waals surface area contributed by atoms with Gasteiger partial charge in [0.15, 0.2) is 0 Å². The quantitative estimate of drug-likeness (QED) is 0.632. The van der Waals surface area contributed by atoms with Crippen LogP contribution in [0.3, 0.4) is 0 Å². The van der Waals surface area contributed by atoms with Gasteiger partial charge in [0.2, 0.25) is 6.09 Å². The summed E-state index contributed by atoms with van der Waals surface area (Å²) in [5.74, 6) is 0. The summed E-state index contributed by atoms with van der Waals surface area (Å²) in [5, 5.41) is 3.91. The van der Waals surface area contributed by atoms with E-state index in [2.05, 4.69) is 5.32 Å². The molecular weight excluding hydrogens is 257 g/mol. The van der Waals surface area contributed by atoms with E-state index in [0.717, 1.165) is 5.56 Å². The van der Waals surface area contributed by atoms with Crippen LogP contribution in [-0.4, -0.2) is 6.09 Å². The summed E-state index contributed by atoms with van der Waals surface area (Å²) in [5.41, 5.74) is 1.51. The van der Waals surface area contributed by atoms with E-state index in [-0.39, 0.29) is 18.9 Å². The van der Waals surface area contributed by atoms with Crippen LogP contribution in [0.25, 0.3) is 5.32 Å². The predicted molar refractivity (Wildman–Crippen MR) is 79.9 cm³/mol. The SMILES string of the molecule is C/C=C\C(OC(=O)[N-]c1ccccc1)c1ccccc1.[Li+]. The molecule has 0 aliphatic rings. The Morgan fingerprint density at radius 2 is 1.62 bits per heavy atom. The smallest absolute Gasteiger partial charge is 0.591 e. The summed E-state index contributed by atoms with van der Waals surface area (Å²) in [6, 6.07) is 18.6. The zero-order chi connectivity index (χ0) is 14.2. The largest absolute Gasteiger partial charge is 1.00 e. The second-order valence-corrected chi connectivity index (χ2v) is 4.19. The van der Waals surface area contributed by atoms with Gasteiger partial charge in [-0.3, -0.25) is 4.79 Å². The molecule has 102 valence electrons. The molecule has 0 saturated heterocycles. The summed E-state index contributed by atoms with van der Waals surface area (Å²) in [6.45, 7) is 1.89. The summed E-state index contributed by atoms with van der Waals surface area (Å²) in [6.07, 6.45) is 2.67. The second-order valence-electron chi connectivity index (χ2n) is 4.19. The molecule has 0 bridgehead atoms. The molecule has 1 amide bonds. The van der Waals surface area contributed by atoms with Crippen molar-refractivity contribution in [1.82, 2.24) is 0 Å². The minimum absolute atomic E-state index is 0. The number of carbonyl (C=O) groups excluding carboxylic acids is 1. The van der Waals surface area contributed by atoms with Crippen LogP contribution in [0.5, 0.6) is 0 Å². The summed E-state index contributed by atoms with van der Waals surface area (Å²) in [7, 11) is 0. The maximum absolute atomic E-state index is 11.8. The molecule has 0 aliphatic heterocycles. The van der Waals surface area contributed by atoms with Gasteiger partial charge in [-0.25, -0.2) is 0 Å². The van der Waals surface area contributed by atoms with Gasteiger partial charge in [-0.1, -0.05) is 66.7 Å². The van der Waals surface area contributed by atoms with Gasteiger partial charge in [-0.15, -0.1) is 5.69 Å². The van der Waals surface area contributed by atoms with Crippen LogP contribution in [0.4, 0.5) is 10.5 Å². The van der Waals surface area contributed by atoms with Gasteiger partial charge < -0.3 is 10.1 Å². The number of benzene rings is 2. The van der Waals surface area contributed by atoms with Crippen LogP contribution < -0.4 is 18.9 Å². The van der Waals surface area contributed by atoms with E-state index in [1.807, 2.05) is 67.6 Å². The van der Waals surface area contributed by atoms with Crippen molar-refractivity contribution in [2.75, 3.05) is 0 Å². The number of amides is 1. The molecule has 21 heavy (non-hydrogen) atoms. The van der Waals surface area contributed by atoms with E-state index in [1.165, 1.54) is 0 Å². The molecule has 0 spiro atoms. The van der Waals surface area contributed by atoms with Crippen molar-refractivity contribution in [3.63, 3.8) is 0 Å². The Labute approximate surface area is 137 Å². The average molecular weight is 273 g/mol. The monoisotopic (exact) mass is 273 g/mol. The number of hydrogen-bond donors (Lipinski definition) is 0. The minimum atomic E-state index is -0.594. The molecule has 0 fully saturated rings. The third-order valence-corrected chi connectivity index (χ3v) is 2.70. The molecule has 0 saturated carbocycles. The molecule has 3 nitrogen and oxygen atoms in total. The van der Waals surface area contributed by atoms with Crippen LogP contribution in [0.2, 0.25) is 0 Å². The van der Waals surface area contributed by atoms with Crippen molar-refractivity contribution in [1.29, 1.82) is 0 Å². The Hall–Kier alpha value is -1.95. The zero-order valence-electron chi connectivity index (χ0n) is 12.3. The van der Waals surface area contributed by atoms with E-state index in [0.29, 0.717) is 5.69 Å². The standard InChI is InChI=1S/C17H17NO2.Li/c1-2-9-16(14-10-5-3-6-11-14)20-17(19)18-15-12-7-4-8-13-15;/h2-13,16H,1H3,(H,18,19);/q;+1/p-1/b9-2-;. The Morgan fingerprint density at radius 3 is 2.19 bits per heavy atom. The summed E-state index contributed by atoms with van der Waals surface area (Å²) in [4.78, 5) is 11.8. The zero-order valence-corrected chi connectivity index (χ0v) is 12.3. The molecule has 2 rings (SSSR count). The molecule has 2 aromatic carbocycles. The molecule has 0 aliphatic carbocycles. The maximum atomic E-state index is 11.8. The first-order valence-corrected chi connectivity index (χ1v) is 6.45. The van der Waals surface area contributed by atoms with Gasteiger partial charge in [0, 0.05) is 0 Å². The molecular formula is C17H16LiNO2. The average Bonchev–Trinajstić information content (AvgIpc) is 2.49. The number of rotatable bonds is 4. The normalized spacial score (nSPS) is 11.5. The Balaban J connectivity index is 0.00000220. The van der Waals surface area contributed by atoms with Gasteiger partial charge in [-0.05, 0) is 18.6 Å². The predicted octanol–water partition coefficient (Wildman–Crippen LogP) is 2.15. The first-order chi connectivity index (χ1) is 9.79. The minimum Gasteiger partial charge on any atom is -0.591 e. The van der Waals surface area contributed by atoms with Crippen molar-refractivity contribution < 1.29 is 28.4 Å². The van der Waals surface area contributed by atoms with Crippen LogP contribution in [0, 0.1) is 0 Å². The van der Waals surface area contributed by atoms with Gasteiger partial charge in [0.25, 0.3) is 0 Å². The van der Waals surface area contributed by atoms with Crippen LogP contribution >= 0.6 is 0 Å². The van der Waals surface area contributed by atoms with E-state index >= 15 is 0 Å². The number of ether oxygens (including phenoxy) is 1. The van der Waals surface area contributed by atoms with Crippen molar-refractivity contribution in [3.8, 4) is 0 Å². The molecule has 0 N–H and O–H groups in total. The first kappa shape index (κ1) is 17.1. The number of hydrogen-bond acceptors (Lipinski definition) is 2. The molecule has 2 aromatic rings. The molecule has 4 heteroatoms. The molecule has 0 radical (unpaired) electrons. The third-order valence-electron chi connectivity index (χ3n) is 2.70. The maximum Gasteiger partial charge on any atom is 1.00 e. The van der Waals surface area contributed by atoms with E-state index < -0.39 is 12.2 Å². The molecule has 1 atom stereocenters. The van der Waals surface area contributed by atoms with Gasteiger partial charge >= 0.3 is 18.9 Å². The van der Waals surface area contributed by atoms with Crippen molar-refractivity contribution in [2.45, 2.75) is 13.0 Å². The van der Waals surface area contributed by atoms with E-state index in [9.17, 15) is 4.79 Å². The number of nitrogens with zero attached hydrogens (tertiary/aromatic N) is 1. The van der Waals surface area contributed by atoms with Crippen LogP contribution in [-0.2, 0) is 4.74 Å². The van der Waals surface area contributed by atoms with Crippen LogP contribution in [0.1, 0.15) is 18.6 Å². The van der Waals surface area contributed by atoms with Crippen molar-refractivity contribution in [2.24, 2.45) is 0 Å². The van der Waals surface area contributed by atoms with Crippen molar-refractivity contribution >= 4 is 11.8 Å². The van der Waals surface area contributed by atoms with Gasteiger partial charge in [0.05, 0.1) is 0 Å². The molecule has 1 unspecified atom stereocenters. The summed E-state index contributed by atoms with van der Waals surface area (Å²) < 4.78 is 5.39. The summed E-state index contributed by atoms with van der Waals surface area (Å²) >= 11 is 0. The second kappa shape index (κ2) is 9.07. The Bertz CT molecular complexity index is 570. The van der Waals surface area contributed by atoms with Gasteiger partial charge in [0.1, 0.15) is 6.10 Å². The van der Waals surface area contributed by atoms with Crippen LogP contribution in [0.15, 0.2) is 72.8 Å². The number of carbonyl (C=O) groups is 1. The van der Waals surface area contributed by atoms with Crippen molar-refractivity contribution in [3.05, 3.63) is 83.7 Å². The Kier molecular flexibility index (Phi) is 7.39. The molecule has 0 heterocycles. The Morgan fingerprint density at radius 1 is 1.05 bits per heavy atom. The fourth-order valence-corrected chi connectivity index (χ4v) is 1.78. The topological polar surface area (TPSA) is 40.4 Å². The number of para-hydroxylation sites is 1. The fraction of sp³-hybridized carbons (Fsp3) is 0.118. The third kappa shape index (κ3) is 5.51. The first-order valence-electron chi connectivity index (χ1n) is 6.45. The molecule has 0 aromatic heterocycles. The number of allylic oxidation sites excluding steroid dienone is 1. The van der Waals surface area contributed by atoms with Gasteiger partial charge in [-0.2, -0.15) is 0 Å². The fourth-order valence-electron chi connectivity index (χ4n) is 1.78. The van der Waals surface area contributed by atoms with E-state index in [4.69, 9.17) is 4.74 Å². The van der Waals surface area contributed by atoms with E-state index in [1.54, 1.807) is 12.1 Å².